The van der Waals surface area contributed by atoms with Gasteiger partial charge in [0, 0.05) is 0 Å². The maximum Gasteiger partial charge on any atom is 0.0954 e. The Bertz CT molecular complexity index is 116. The van der Waals surface area contributed by atoms with Gasteiger partial charge in [-0.3, -0.25) is 0 Å². The molecule has 0 aromatic rings. The molecular weight excluding hydrogens is 128 g/mol. The average Bonchev–Trinajstić information content (AvgIpc) is 1.98. The molecule has 0 spiro atoms. The van der Waals surface area contributed by atoms with Gasteiger partial charge in [0.1, 0.15) is 0 Å². The van der Waals surface area contributed by atoms with Crippen molar-refractivity contribution in [1.29, 1.82) is 0 Å². The molecule has 0 fully saturated rings. The number of hydrogen-bond donors (Lipinski definition) is 2. The Kier molecular flexibility index (Phi) is 6.13. The fourth-order valence-electron chi connectivity index (χ4n) is 0.468. The quantitative estimate of drug-likeness (QED) is 0.571. The van der Waals surface area contributed by atoms with Crippen LogP contribution in [-0.2, 0) is 0 Å². The maximum absolute atomic E-state index is 8.79. The minimum atomic E-state index is -0.721. The van der Waals surface area contributed by atoms with Crippen molar-refractivity contribution in [1.82, 2.24) is 0 Å². The Morgan fingerprint density at radius 2 is 2.10 bits per heavy atom. The third kappa shape index (κ3) is 5.54. The van der Waals surface area contributed by atoms with Gasteiger partial charge in [-0.05, 0) is 6.42 Å². The lowest BCUT2D eigenvalue weighted by Crippen LogP contribution is -2.06. The minimum absolute atomic E-state index is 0.212. The molecular formula is C8H14O2. The van der Waals surface area contributed by atoms with Crippen molar-refractivity contribution >= 4 is 0 Å². The van der Waals surface area contributed by atoms with E-state index < -0.39 is 6.10 Å². The zero-order chi connectivity index (χ0) is 7.82. The molecule has 0 rings (SSSR count). The van der Waals surface area contributed by atoms with Gasteiger partial charge in [-0.1, -0.05) is 31.2 Å². The third-order valence-corrected chi connectivity index (χ3v) is 1.00. The van der Waals surface area contributed by atoms with Crippen LogP contribution in [0.4, 0.5) is 0 Å². The molecule has 0 radical (unpaired) electrons. The number of rotatable bonds is 4. The van der Waals surface area contributed by atoms with Crippen LogP contribution in [0, 0.1) is 0 Å². The topological polar surface area (TPSA) is 40.5 Å². The maximum atomic E-state index is 8.79. The second kappa shape index (κ2) is 6.52. The van der Waals surface area contributed by atoms with Crippen LogP contribution in [0.5, 0.6) is 0 Å². The number of hydrogen-bond acceptors (Lipinski definition) is 2. The van der Waals surface area contributed by atoms with E-state index in [9.17, 15) is 0 Å². The molecule has 0 saturated heterocycles. The molecule has 0 saturated carbocycles. The van der Waals surface area contributed by atoms with Crippen LogP contribution in [0.1, 0.15) is 13.3 Å². The molecule has 0 aliphatic heterocycles. The highest BCUT2D eigenvalue weighted by molar-refractivity contribution is 5.04. The summed E-state index contributed by atoms with van der Waals surface area (Å²) >= 11 is 0. The molecule has 1 atom stereocenters. The molecule has 0 aliphatic carbocycles. The lowest BCUT2D eigenvalue weighted by molar-refractivity contribution is 0.131. The first-order valence-corrected chi connectivity index (χ1v) is 3.43. The summed E-state index contributed by atoms with van der Waals surface area (Å²) in [5.74, 6) is 0. The smallest absolute Gasteiger partial charge is 0.0954 e. The molecule has 2 N–H and O–H groups in total. The van der Waals surface area contributed by atoms with E-state index in [4.69, 9.17) is 10.2 Å². The summed E-state index contributed by atoms with van der Waals surface area (Å²) < 4.78 is 0. The summed E-state index contributed by atoms with van der Waals surface area (Å²) in [5.41, 5.74) is 0. The van der Waals surface area contributed by atoms with Gasteiger partial charge in [-0.15, -0.1) is 0 Å². The molecule has 1 unspecified atom stereocenters. The van der Waals surface area contributed by atoms with Crippen LogP contribution in [0.25, 0.3) is 0 Å². The SMILES string of the molecule is CC/C=C/C=C/C(O)CO. The fraction of sp³-hybridized carbons (Fsp3) is 0.500. The zero-order valence-electron chi connectivity index (χ0n) is 6.20. The van der Waals surface area contributed by atoms with Crippen molar-refractivity contribution in [3.05, 3.63) is 24.3 Å². The molecule has 0 aliphatic rings. The average molecular weight is 142 g/mol. The van der Waals surface area contributed by atoms with E-state index in [-0.39, 0.29) is 6.61 Å². The molecule has 0 aromatic carbocycles. The highest BCUT2D eigenvalue weighted by atomic mass is 16.3. The predicted molar refractivity (Wildman–Crippen MR) is 41.7 cm³/mol. The van der Waals surface area contributed by atoms with Crippen LogP contribution in [0.3, 0.4) is 0 Å². The molecule has 0 heterocycles. The van der Waals surface area contributed by atoms with Crippen LogP contribution in [-0.4, -0.2) is 22.9 Å². The highest BCUT2D eigenvalue weighted by Crippen LogP contribution is 1.86. The van der Waals surface area contributed by atoms with Gasteiger partial charge in [0.25, 0.3) is 0 Å². The Morgan fingerprint density at radius 3 is 2.60 bits per heavy atom. The first-order valence-electron chi connectivity index (χ1n) is 3.43. The van der Waals surface area contributed by atoms with Gasteiger partial charge >= 0.3 is 0 Å². The van der Waals surface area contributed by atoms with Gasteiger partial charge in [0.15, 0.2) is 0 Å². The molecule has 2 nitrogen and oxygen atoms in total. The van der Waals surface area contributed by atoms with E-state index in [1.807, 2.05) is 19.1 Å². The molecule has 58 valence electrons. The van der Waals surface area contributed by atoms with Crippen molar-refractivity contribution in [2.45, 2.75) is 19.4 Å². The normalized spacial score (nSPS) is 15.1. The van der Waals surface area contributed by atoms with Crippen LogP contribution in [0.2, 0.25) is 0 Å². The predicted octanol–water partition coefficient (Wildman–Crippen LogP) is 0.862. The summed E-state index contributed by atoms with van der Waals surface area (Å²) in [4.78, 5) is 0. The van der Waals surface area contributed by atoms with E-state index in [0.717, 1.165) is 6.42 Å². The van der Waals surface area contributed by atoms with E-state index >= 15 is 0 Å². The molecule has 0 amide bonds. The number of aliphatic hydroxyl groups excluding tert-OH is 2. The van der Waals surface area contributed by atoms with Crippen molar-refractivity contribution in [3.63, 3.8) is 0 Å². The van der Waals surface area contributed by atoms with Gasteiger partial charge < -0.3 is 10.2 Å². The van der Waals surface area contributed by atoms with Crippen LogP contribution in [0.15, 0.2) is 24.3 Å². The number of aliphatic hydroxyl groups is 2. The van der Waals surface area contributed by atoms with Crippen molar-refractivity contribution in [3.8, 4) is 0 Å². The highest BCUT2D eigenvalue weighted by Gasteiger charge is 1.90. The first kappa shape index (κ1) is 9.40. The van der Waals surface area contributed by atoms with Gasteiger partial charge in [-0.2, -0.15) is 0 Å². The Hall–Kier alpha value is -0.600. The molecule has 2 heteroatoms. The lowest BCUT2D eigenvalue weighted by Gasteiger charge is -1.95. The summed E-state index contributed by atoms with van der Waals surface area (Å²) in [7, 11) is 0. The van der Waals surface area contributed by atoms with E-state index in [1.165, 1.54) is 0 Å². The summed E-state index contributed by atoms with van der Waals surface area (Å²) in [6.45, 7) is 1.82. The monoisotopic (exact) mass is 142 g/mol. The largest absolute Gasteiger partial charge is 0.393 e. The second-order valence-corrected chi connectivity index (χ2v) is 1.97. The van der Waals surface area contributed by atoms with E-state index in [1.54, 1.807) is 12.2 Å². The first-order chi connectivity index (χ1) is 4.81. The summed E-state index contributed by atoms with van der Waals surface area (Å²) in [6.07, 6.45) is 7.36. The molecule has 0 bridgehead atoms. The van der Waals surface area contributed by atoms with Crippen LogP contribution >= 0.6 is 0 Å². The Balaban J connectivity index is 3.44. The van der Waals surface area contributed by atoms with E-state index in [2.05, 4.69) is 0 Å². The van der Waals surface area contributed by atoms with Crippen LogP contribution < -0.4 is 0 Å². The second-order valence-electron chi connectivity index (χ2n) is 1.97. The number of allylic oxidation sites excluding steroid dienone is 3. The van der Waals surface area contributed by atoms with Crippen molar-refractivity contribution < 1.29 is 10.2 Å². The third-order valence-electron chi connectivity index (χ3n) is 1.00. The van der Waals surface area contributed by atoms with Gasteiger partial charge in [0.2, 0.25) is 0 Å². The zero-order valence-corrected chi connectivity index (χ0v) is 6.20. The summed E-state index contributed by atoms with van der Waals surface area (Å²) in [5, 5.41) is 17.2. The lowest BCUT2D eigenvalue weighted by atomic mass is 10.3. The summed E-state index contributed by atoms with van der Waals surface area (Å²) in [6, 6.07) is 0. The molecule has 0 aromatic heterocycles. The van der Waals surface area contributed by atoms with Gasteiger partial charge in [-0.25, -0.2) is 0 Å². The van der Waals surface area contributed by atoms with E-state index in [0.29, 0.717) is 0 Å². The van der Waals surface area contributed by atoms with Gasteiger partial charge in [0.05, 0.1) is 12.7 Å². The Labute approximate surface area is 61.5 Å². The minimum Gasteiger partial charge on any atom is -0.393 e. The fourth-order valence-corrected chi connectivity index (χ4v) is 0.468. The Morgan fingerprint density at radius 1 is 1.40 bits per heavy atom. The van der Waals surface area contributed by atoms with Crippen molar-refractivity contribution in [2.24, 2.45) is 0 Å². The van der Waals surface area contributed by atoms with Crippen molar-refractivity contribution in [2.75, 3.05) is 6.61 Å². The molecule has 10 heavy (non-hydrogen) atoms. The standard InChI is InChI=1S/C8H14O2/c1-2-3-4-5-6-8(10)7-9/h3-6,8-10H,2,7H2,1H3/b4-3+,6-5+.